The molecular weight excluding hydrogens is 290 g/mol. The third-order valence-electron chi connectivity index (χ3n) is 2.76. The standard InChI is InChI=1S/C11H14BrNO2S/c12-11-6-2-1-5-10(11)9-13-7-3-4-8-16(13,14)15/h1-2,5-6H,3-4,7-9H2. The zero-order chi connectivity index (χ0) is 11.6. The number of hydrogen-bond donors (Lipinski definition) is 0. The van der Waals surface area contributed by atoms with E-state index in [1.807, 2.05) is 24.3 Å². The lowest BCUT2D eigenvalue weighted by atomic mass is 10.2. The number of rotatable bonds is 2. The van der Waals surface area contributed by atoms with E-state index in [9.17, 15) is 8.42 Å². The fraction of sp³-hybridized carbons (Fsp3) is 0.455. The largest absolute Gasteiger partial charge is 0.214 e. The van der Waals surface area contributed by atoms with Gasteiger partial charge in [-0.2, -0.15) is 4.31 Å². The van der Waals surface area contributed by atoms with Gasteiger partial charge in [-0.3, -0.25) is 0 Å². The van der Waals surface area contributed by atoms with E-state index in [0.29, 0.717) is 13.1 Å². The molecule has 0 aromatic heterocycles. The highest BCUT2D eigenvalue weighted by atomic mass is 79.9. The molecule has 0 atom stereocenters. The molecule has 0 amide bonds. The van der Waals surface area contributed by atoms with Crippen LogP contribution in [0.1, 0.15) is 18.4 Å². The highest BCUT2D eigenvalue weighted by molar-refractivity contribution is 9.10. The molecule has 88 valence electrons. The third kappa shape index (κ3) is 2.64. The maximum absolute atomic E-state index is 11.8. The second kappa shape index (κ2) is 4.85. The van der Waals surface area contributed by atoms with Crippen molar-refractivity contribution >= 4 is 26.0 Å². The molecule has 1 aliphatic heterocycles. The van der Waals surface area contributed by atoms with Gasteiger partial charge < -0.3 is 0 Å². The van der Waals surface area contributed by atoms with Crippen LogP contribution in [0.3, 0.4) is 0 Å². The van der Waals surface area contributed by atoms with Crippen LogP contribution in [-0.2, 0) is 16.6 Å². The Morgan fingerprint density at radius 2 is 2.00 bits per heavy atom. The summed E-state index contributed by atoms with van der Waals surface area (Å²) in [5.41, 5.74) is 1.02. The number of nitrogens with zero attached hydrogens (tertiary/aromatic N) is 1. The lowest BCUT2D eigenvalue weighted by Crippen LogP contribution is -2.37. The van der Waals surface area contributed by atoms with Crippen LogP contribution >= 0.6 is 15.9 Å². The number of benzene rings is 1. The average Bonchev–Trinajstić information content (AvgIpc) is 2.24. The molecule has 0 spiro atoms. The highest BCUT2D eigenvalue weighted by Gasteiger charge is 2.25. The summed E-state index contributed by atoms with van der Waals surface area (Å²) in [6.07, 6.45) is 1.75. The molecule has 1 saturated heterocycles. The smallest absolute Gasteiger partial charge is 0.212 e. The molecule has 2 rings (SSSR count). The third-order valence-corrected chi connectivity index (χ3v) is 5.43. The number of sulfonamides is 1. The maximum atomic E-state index is 11.8. The van der Waals surface area contributed by atoms with E-state index in [4.69, 9.17) is 0 Å². The van der Waals surface area contributed by atoms with Crippen LogP contribution in [0.25, 0.3) is 0 Å². The van der Waals surface area contributed by atoms with Gasteiger partial charge in [-0.1, -0.05) is 34.1 Å². The van der Waals surface area contributed by atoms with Gasteiger partial charge in [0, 0.05) is 17.6 Å². The minimum atomic E-state index is -3.03. The number of halogens is 1. The summed E-state index contributed by atoms with van der Waals surface area (Å²) in [4.78, 5) is 0. The molecular formula is C11H14BrNO2S. The second-order valence-corrected chi connectivity index (χ2v) is 6.89. The summed E-state index contributed by atoms with van der Waals surface area (Å²) >= 11 is 3.44. The fourth-order valence-electron chi connectivity index (χ4n) is 1.83. The van der Waals surface area contributed by atoms with Gasteiger partial charge in [0.05, 0.1) is 5.75 Å². The monoisotopic (exact) mass is 303 g/mol. The van der Waals surface area contributed by atoms with Crippen LogP contribution in [0.4, 0.5) is 0 Å². The van der Waals surface area contributed by atoms with Crippen molar-refractivity contribution in [3.8, 4) is 0 Å². The van der Waals surface area contributed by atoms with E-state index in [0.717, 1.165) is 22.9 Å². The topological polar surface area (TPSA) is 37.4 Å². The van der Waals surface area contributed by atoms with Crippen LogP contribution in [-0.4, -0.2) is 25.0 Å². The van der Waals surface area contributed by atoms with Crippen LogP contribution in [0, 0.1) is 0 Å². The molecule has 1 aromatic carbocycles. The van der Waals surface area contributed by atoms with Gasteiger partial charge in [-0.25, -0.2) is 8.42 Å². The molecule has 1 heterocycles. The van der Waals surface area contributed by atoms with Gasteiger partial charge in [0.2, 0.25) is 10.0 Å². The second-order valence-electron chi connectivity index (χ2n) is 3.95. The summed E-state index contributed by atoms with van der Waals surface area (Å²) in [6.45, 7) is 1.12. The summed E-state index contributed by atoms with van der Waals surface area (Å²) in [5, 5.41) is 0. The molecule has 5 heteroatoms. The van der Waals surface area contributed by atoms with Crippen molar-refractivity contribution in [2.24, 2.45) is 0 Å². The molecule has 1 aromatic rings. The highest BCUT2D eigenvalue weighted by Crippen LogP contribution is 2.22. The first-order chi connectivity index (χ1) is 7.59. The van der Waals surface area contributed by atoms with Crippen LogP contribution in [0.5, 0.6) is 0 Å². The minimum absolute atomic E-state index is 0.289. The van der Waals surface area contributed by atoms with E-state index in [2.05, 4.69) is 15.9 Å². The molecule has 16 heavy (non-hydrogen) atoms. The van der Waals surface area contributed by atoms with Crippen molar-refractivity contribution in [3.63, 3.8) is 0 Å². The van der Waals surface area contributed by atoms with Gasteiger partial charge in [-0.05, 0) is 24.5 Å². The maximum Gasteiger partial charge on any atom is 0.214 e. The molecule has 0 unspecified atom stereocenters. The summed E-state index contributed by atoms with van der Waals surface area (Å²) in [7, 11) is -3.03. The average molecular weight is 304 g/mol. The van der Waals surface area contributed by atoms with E-state index in [1.165, 1.54) is 0 Å². The SMILES string of the molecule is O=S1(=O)CCCCN1Cc1ccccc1Br. The first-order valence-corrected chi connectivity index (χ1v) is 7.71. The van der Waals surface area contributed by atoms with Crippen molar-refractivity contribution < 1.29 is 8.42 Å². The normalized spacial score (nSPS) is 20.8. The van der Waals surface area contributed by atoms with E-state index >= 15 is 0 Å². The van der Waals surface area contributed by atoms with Crippen molar-refractivity contribution in [2.75, 3.05) is 12.3 Å². The Labute approximate surface area is 105 Å². The zero-order valence-corrected chi connectivity index (χ0v) is 11.3. The van der Waals surface area contributed by atoms with Crippen LogP contribution in [0.15, 0.2) is 28.7 Å². The Morgan fingerprint density at radius 3 is 2.69 bits per heavy atom. The van der Waals surface area contributed by atoms with Gasteiger partial charge in [0.1, 0.15) is 0 Å². The molecule has 3 nitrogen and oxygen atoms in total. The predicted octanol–water partition coefficient (Wildman–Crippen LogP) is 2.37. The predicted molar refractivity (Wildman–Crippen MR) is 67.6 cm³/mol. The van der Waals surface area contributed by atoms with Crippen molar-refractivity contribution in [2.45, 2.75) is 19.4 Å². The minimum Gasteiger partial charge on any atom is -0.212 e. The molecule has 0 radical (unpaired) electrons. The lowest BCUT2D eigenvalue weighted by molar-refractivity contribution is 0.378. The number of hydrogen-bond acceptors (Lipinski definition) is 2. The molecule has 0 bridgehead atoms. The van der Waals surface area contributed by atoms with Crippen molar-refractivity contribution in [1.29, 1.82) is 0 Å². The van der Waals surface area contributed by atoms with Crippen LogP contribution < -0.4 is 0 Å². The van der Waals surface area contributed by atoms with Gasteiger partial charge in [-0.15, -0.1) is 0 Å². The Bertz CT molecular complexity index is 473. The first-order valence-electron chi connectivity index (χ1n) is 5.31. The van der Waals surface area contributed by atoms with Crippen molar-refractivity contribution in [1.82, 2.24) is 4.31 Å². The summed E-state index contributed by atoms with van der Waals surface area (Å²) in [5.74, 6) is 0.289. The molecule has 1 aliphatic rings. The molecule has 0 saturated carbocycles. The van der Waals surface area contributed by atoms with E-state index < -0.39 is 10.0 Å². The van der Waals surface area contributed by atoms with E-state index in [-0.39, 0.29) is 5.75 Å². The quantitative estimate of drug-likeness (QED) is 0.841. The van der Waals surface area contributed by atoms with E-state index in [1.54, 1.807) is 4.31 Å². The molecule has 1 fully saturated rings. The van der Waals surface area contributed by atoms with Crippen molar-refractivity contribution in [3.05, 3.63) is 34.3 Å². The van der Waals surface area contributed by atoms with Crippen LogP contribution in [0.2, 0.25) is 0 Å². The lowest BCUT2D eigenvalue weighted by Gasteiger charge is -2.26. The Balaban J connectivity index is 2.18. The summed E-state index contributed by atoms with van der Waals surface area (Å²) < 4.78 is 26.2. The molecule has 0 aliphatic carbocycles. The first kappa shape index (κ1) is 12.1. The Morgan fingerprint density at radius 1 is 1.25 bits per heavy atom. The van der Waals surface area contributed by atoms with Gasteiger partial charge in [0.15, 0.2) is 0 Å². The Kier molecular flexibility index (Phi) is 3.66. The zero-order valence-electron chi connectivity index (χ0n) is 8.89. The fourth-order valence-corrected chi connectivity index (χ4v) is 3.82. The van der Waals surface area contributed by atoms with Gasteiger partial charge in [0.25, 0.3) is 0 Å². The summed E-state index contributed by atoms with van der Waals surface area (Å²) in [6, 6.07) is 7.75. The molecule has 0 N–H and O–H groups in total. The Hall–Kier alpha value is -0.390. The van der Waals surface area contributed by atoms with Gasteiger partial charge >= 0.3 is 0 Å².